The second-order valence-corrected chi connectivity index (χ2v) is 6.36. The summed E-state index contributed by atoms with van der Waals surface area (Å²) in [6.07, 6.45) is -2.62. The van der Waals surface area contributed by atoms with Gasteiger partial charge in [0.15, 0.2) is 0 Å². The quantitative estimate of drug-likeness (QED) is 0.733. The zero-order chi connectivity index (χ0) is 19.4. The largest absolute Gasteiger partial charge is 0.496 e. The molecule has 0 N–H and O–H groups in total. The predicted octanol–water partition coefficient (Wildman–Crippen LogP) is 1.03. The predicted molar refractivity (Wildman–Crippen MR) is 91.0 cm³/mol. The number of amides is 2. The van der Waals surface area contributed by atoms with Crippen LogP contribution in [0.15, 0.2) is 24.3 Å². The number of rotatable bonds is 6. The van der Waals surface area contributed by atoms with Gasteiger partial charge in [0.05, 0.1) is 38.0 Å². The molecule has 2 aliphatic heterocycles. The van der Waals surface area contributed by atoms with E-state index in [4.69, 9.17) is 14.2 Å². The number of fused-ring (bicyclic) bond motifs is 1. The van der Waals surface area contributed by atoms with E-state index in [0.717, 1.165) is 0 Å². The van der Waals surface area contributed by atoms with Crippen molar-refractivity contribution in [3.05, 3.63) is 29.8 Å². The van der Waals surface area contributed by atoms with Crippen LogP contribution in [0.5, 0.6) is 5.75 Å². The minimum absolute atomic E-state index is 0.186. The summed E-state index contributed by atoms with van der Waals surface area (Å²) >= 11 is 0. The molecule has 2 heterocycles. The number of benzene rings is 1. The molecule has 7 nitrogen and oxygen atoms in total. The van der Waals surface area contributed by atoms with E-state index < -0.39 is 19.6 Å². The number of piperazine rings is 1. The maximum absolute atomic E-state index is 13.0. The molecule has 2 saturated heterocycles. The lowest BCUT2D eigenvalue weighted by molar-refractivity contribution is -0.142. The molecular formula is C18H22F2N2O5. The average molecular weight is 384 g/mol. The third kappa shape index (κ3) is 4.19. The first-order valence-corrected chi connectivity index (χ1v) is 8.70. The van der Waals surface area contributed by atoms with Gasteiger partial charge in [-0.15, -0.1) is 0 Å². The Kier molecular flexibility index (Phi) is 6.22. The van der Waals surface area contributed by atoms with Crippen molar-refractivity contribution in [3.8, 4) is 5.75 Å². The lowest BCUT2D eigenvalue weighted by Gasteiger charge is -2.43. The van der Waals surface area contributed by atoms with Crippen molar-refractivity contribution in [1.29, 1.82) is 0 Å². The summed E-state index contributed by atoms with van der Waals surface area (Å²) in [6.45, 7) is 0.0368. The van der Waals surface area contributed by atoms with Crippen LogP contribution in [0, 0.1) is 0 Å². The van der Waals surface area contributed by atoms with Gasteiger partial charge in [0.25, 0.3) is 12.3 Å². The summed E-state index contributed by atoms with van der Waals surface area (Å²) in [6, 6.07) is 6.35. The first-order valence-electron chi connectivity index (χ1n) is 8.70. The highest BCUT2D eigenvalue weighted by Crippen LogP contribution is 2.27. The Morgan fingerprint density at radius 1 is 1.19 bits per heavy atom. The number of methoxy groups -OCH3 is 1. The van der Waals surface area contributed by atoms with E-state index in [1.165, 1.54) is 7.11 Å². The van der Waals surface area contributed by atoms with E-state index in [0.29, 0.717) is 37.6 Å². The van der Waals surface area contributed by atoms with E-state index in [2.05, 4.69) is 0 Å². The lowest BCUT2D eigenvalue weighted by Crippen LogP contribution is -2.62. The molecule has 2 aliphatic rings. The molecule has 9 heteroatoms. The highest BCUT2D eigenvalue weighted by atomic mass is 19.3. The van der Waals surface area contributed by atoms with Crippen LogP contribution in [0.4, 0.5) is 8.78 Å². The van der Waals surface area contributed by atoms with Crippen molar-refractivity contribution >= 4 is 11.8 Å². The molecule has 0 bridgehead atoms. The Morgan fingerprint density at radius 3 is 2.56 bits per heavy atom. The summed E-state index contributed by atoms with van der Waals surface area (Å²) in [5, 5.41) is 0. The Morgan fingerprint density at radius 2 is 1.85 bits per heavy atom. The van der Waals surface area contributed by atoms with Gasteiger partial charge in [-0.3, -0.25) is 9.59 Å². The van der Waals surface area contributed by atoms with E-state index in [9.17, 15) is 18.4 Å². The number of halogens is 2. The Hall–Kier alpha value is -2.26. The van der Waals surface area contributed by atoms with Crippen molar-refractivity contribution < 1.29 is 32.6 Å². The molecule has 0 aliphatic carbocycles. The van der Waals surface area contributed by atoms with Gasteiger partial charge in [-0.2, -0.15) is 0 Å². The lowest BCUT2D eigenvalue weighted by atomic mass is 10.0. The normalized spacial score (nSPS) is 22.1. The molecule has 0 aromatic heterocycles. The van der Waals surface area contributed by atoms with Crippen LogP contribution < -0.4 is 4.74 Å². The second kappa shape index (κ2) is 8.62. The number of hydrogen-bond donors (Lipinski definition) is 0. The van der Waals surface area contributed by atoms with Gasteiger partial charge in [0.2, 0.25) is 5.91 Å². The maximum atomic E-state index is 13.0. The fraction of sp³-hybridized carbons (Fsp3) is 0.556. The Labute approximate surface area is 155 Å². The van der Waals surface area contributed by atoms with Crippen molar-refractivity contribution in [1.82, 2.24) is 9.80 Å². The standard InChI is InChI=1S/C18H22F2N2O5/c1-25-15-5-3-2-4-12(15)18(24)22-7-6-21(13-8-26-9-14(13)22)17(23)11-27-10-16(19)20/h2-5,13-14,16H,6-11H2,1H3/t13-,14+/m1/s1. The summed E-state index contributed by atoms with van der Waals surface area (Å²) in [7, 11) is 1.50. The number of alkyl halides is 2. The minimum Gasteiger partial charge on any atom is -0.496 e. The molecule has 0 unspecified atom stereocenters. The fourth-order valence-corrected chi connectivity index (χ4v) is 3.53. The third-order valence-corrected chi connectivity index (χ3v) is 4.79. The summed E-state index contributed by atoms with van der Waals surface area (Å²) < 4.78 is 39.9. The smallest absolute Gasteiger partial charge is 0.261 e. The highest BCUT2D eigenvalue weighted by molar-refractivity contribution is 5.97. The molecule has 3 rings (SSSR count). The molecule has 0 spiro atoms. The van der Waals surface area contributed by atoms with Crippen molar-refractivity contribution in [3.63, 3.8) is 0 Å². The molecule has 1 aromatic rings. The first kappa shape index (κ1) is 19.5. The number of carbonyl (C=O) groups is 2. The van der Waals surface area contributed by atoms with Crippen LogP contribution in [0.2, 0.25) is 0 Å². The van der Waals surface area contributed by atoms with Gasteiger partial charge >= 0.3 is 0 Å². The molecule has 27 heavy (non-hydrogen) atoms. The number of carbonyl (C=O) groups excluding carboxylic acids is 2. The second-order valence-electron chi connectivity index (χ2n) is 6.36. The molecule has 1 aromatic carbocycles. The summed E-state index contributed by atoms with van der Waals surface area (Å²) in [5.41, 5.74) is 0.450. The van der Waals surface area contributed by atoms with Gasteiger partial charge in [-0.1, -0.05) is 12.1 Å². The van der Waals surface area contributed by atoms with Crippen molar-refractivity contribution in [2.45, 2.75) is 18.5 Å². The van der Waals surface area contributed by atoms with Gasteiger partial charge in [0, 0.05) is 13.1 Å². The molecular weight excluding hydrogens is 362 g/mol. The SMILES string of the molecule is COc1ccccc1C(=O)N1CCN(C(=O)COCC(F)F)[C@@H]2COC[C@@H]21. The van der Waals surface area contributed by atoms with Crippen LogP contribution in [0.3, 0.4) is 0 Å². The van der Waals surface area contributed by atoms with Crippen LogP contribution in [-0.2, 0) is 14.3 Å². The maximum Gasteiger partial charge on any atom is 0.261 e. The van der Waals surface area contributed by atoms with Gasteiger partial charge < -0.3 is 24.0 Å². The zero-order valence-corrected chi connectivity index (χ0v) is 15.0. The number of nitrogens with zero attached hydrogens (tertiary/aromatic N) is 2. The van der Waals surface area contributed by atoms with E-state index in [-0.39, 0.29) is 23.9 Å². The van der Waals surface area contributed by atoms with Crippen molar-refractivity contribution in [2.75, 3.05) is 46.6 Å². The summed E-state index contributed by atoms with van der Waals surface area (Å²) in [4.78, 5) is 28.6. The molecule has 0 radical (unpaired) electrons. The molecule has 2 fully saturated rings. The van der Waals surface area contributed by atoms with E-state index >= 15 is 0 Å². The highest BCUT2D eigenvalue weighted by Gasteiger charge is 2.44. The Balaban J connectivity index is 1.70. The molecule has 2 amide bonds. The van der Waals surface area contributed by atoms with Crippen LogP contribution in [0.25, 0.3) is 0 Å². The first-order chi connectivity index (χ1) is 13.0. The van der Waals surface area contributed by atoms with Crippen LogP contribution in [0.1, 0.15) is 10.4 Å². The summed E-state index contributed by atoms with van der Waals surface area (Å²) in [5.74, 6) is -0.0774. The Bertz CT molecular complexity index is 687. The number of ether oxygens (including phenoxy) is 3. The zero-order valence-electron chi connectivity index (χ0n) is 15.0. The minimum atomic E-state index is -2.62. The molecule has 148 valence electrons. The fourth-order valence-electron chi connectivity index (χ4n) is 3.53. The van der Waals surface area contributed by atoms with E-state index in [1.807, 2.05) is 0 Å². The molecule has 0 saturated carbocycles. The van der Waals surface area contributed by atoms with Gasteiger partial charge in [0.1, 0.15) is 19.0 Å². The average Bonchev–Trinajstić information content (AvgIpc) is 3.16. The topological polar surface area (TPSA) is 68.3 Å². The monoisotopic (exact) mass is 384 g/mol. The van der Waals surface area contributed by atoms with E-state index in [1.54, 1.807) is 34.1 Å². The number of para-hydroxylation sites is 1. The van der Waals surface area contributed by atoms with Crippen LogP contribution >= 0.6 is 0 Å². The van der Waals surface area contributed by atoms with Crippen molar-refractivity contribution in [2.24, 2.45) is 0 Å². The molecule has 2 atom stereocenters. The van der Waals surface area contributed by atoms with Crippen LogP contribution in [-0.4, -0.2) is 86.8 Å². The van der Waals surface area contributed by atoms with Gasteiger partial charge in [-0.05, 0) is 12.1 Å². The third-order valence-electron chi connectivity index (χ3n) is 4.79. The van der Waals surface area contributed by atoms with Gasteiger partial charge in [-0.25, -0.2) is 8.78 Å². The number of hydrogen-bond acceptors (Lipinski definition) is 5.